The normalized spacial score (nSPS) is 19.9. The number of halogens is 2. The fraction of sp³-hybridized carbons (Fsp3) is 0.667. The standard InChI is InChI=1S/C21H33N3O2.2ClH/c1-16-5-9-24(10-6-16)15-18-4-2-3-17(13-18)14-23-21(25)20(22)19-7-11-26-12-8-19;;/h2-4,13,16,19-20H,5-12,14-15,22H2,1H3,(H,23,25);2*1H. The fourth-order valence-corrected chi connectivity index (χ4v) is 3.91. The molecule has 1 aromatic rings. The molecule has 1 unspecified atom stereocenters. The lowest BCUT2D eigenvalue weighted by molar-refractivity contribution is -0.124. The number of amides is 1. The second kappa shape index (κ2) is 12.7. The van der Waals surface area contributed by atoms with E-state index in [2.05, 4.69) is 41.4 Å². The summed E-state index contributed by atoms with van der Waals surface area (Å²) < 4.78 is 5.35. The van der Waals surface area contributed by atoms with Crippen LogP contribution in [0.3, 0.4) is 0 Å². The highest BCUT2D eigenvalue weighted by Crippen LogP contribution is 2.19. The summed E-state index contributed by atoms with van der Waals surface area (Å²) in [6.07, 6.45) is 4.33. The van der Waals surface area contributed by atoms with Gasteiger partial charge in [-0.3, -0.25) is 9.69 Å². The van der Waals surface area contributed by atoms with Gasteiger partial charge in [0.25, 0.3) is 0 Å². The summed E-state index contributed by atoms with van der Waals surface area (Å²) in [7, 11) is 0. The maximum absolute atomic E-state index is 12.4. The summed E-state index contributed by atoms with van der Waals surface area (Å²) in [5.41, 5.74) is 8.61. The number of benzene rings is 1. The van der Waals surface area contributed by atoms with Gasteiger partial charge in [0.05, 0.1) is 6.04 Å². The van der Waals surface area contributed by atoms with Crippen molar-refractivity contribution >= 4 is 30.7 Å². The van der Waals surface area contributed by atoms with Gasteiger partial charge >= 0.3 is 0 Å². The van der Waals surface area contributed by atoms with Crippen molar-refractivity contribution in [3.8, 4) is 0 Å². The maximum Gasteiger partial charge on any atom is 0.237 e. The van der Waals surface area contributed by atoms with E-state index in [0.29, 0.717) is 19.8 Å². The number of ether oxygens (including phenoxy) is 1. The number of carbonyl (C=O) groups is 1. The molecule has 2 saturated heterocycles. The minimum Gasteiger partial charge on any atom is -0.381 e. The average molecular weight is 432 g/mol. The van der Waals surface area contributed by atoms with Crippen molar-refractivity contribution in [3.05, 3.63) is 35.4 Å². The Balaban J connectivity index is 0.00000196. The molecule has 0 saturated carbocycles. The van der Waals surface area contributed by atoms with Gasteiger partial charge in [0.1, 0.15) is 0 Å². The minimum atomic E-state index is -0.433. The summed E-state index contributed by atoms with van der Waals surface area (Å²) >= 11 is 0. The zero-order valence-corrected chi connectivity index (χ0v) is 18.4. The molecule has 1 atom stereocenters. The maximum atomic E-state index is 12.4. The molecule has 160 valence electrons. The Labute approximate surface area is 181 Å². The highest BCUT2D eigenvalue weighted by atomic mass is 35.5. The zero-order chi connectivity index (χ0) is 18.4. The molecule has 0 aliphatic carbocycles. The van der Waals surface area contributed by atoms with Gasteiger partial charge in [-0.1, -0.05) is 31.2 Å². The van der Waals surface area contributed by atoms with Crippen LogP contribution in [0.5, 0.6) is 0 Å². The molecule has 1 amide bonds. The molecule has 0 bridgehead atoms. The molecule has 0 radical (unpaired) electrons. The lowest BCUT2D eigenvalue weighted by atomic mass is 9.92. The van der Waals surface area contributed by atoms with E-state index in [4.69, 9.17) is 10.5 Å². The van der Waals surface area contributed by atoms with Gasteiger partial charge < -0.3 is 15.8 Å². The number of hydrogen-bond acceptors (Lipinski definition) is 4. The van der Waals surface area contributed by atoms with Gasteiger partial charge in [0.2, 0.25) is 5.91 Å². The molecular formula is C21H35Cl2N3O2. The predicted octanol–water partition coefficient (Wildman–Crippen LogP) is 3.13. The average Bonchev–Trinajstić information content (AvgIpc) is 2.68. The molecule has 28 heavy (non-hydrogen) atoms. The number of nitrogens with one attached hydrogen (secondary N) is 1. The third-order valence-electron chi connectivity index (χ3n) is 5.82. The molecule has 3 rings (SSSR count). The number of likely N-dealkylation sites (tertiary alicyclic amines) is 1. The van der Waals surface area contributed by atoms with Crippen molar-refractivity contribution in [1.29, 1.82) is 0 Å². The van der Waals surface area contributed by atoms with Crippen LogP contribution in [0.1, 0.15) is 43.7 Å². The van der Waals surface area contributed by atoms with Crippen LogP contribution in [0.15, 0.2) is 24.3 Å². The Morgan fingerprint density at radius 1 is 1.18 bits per heavy atom. The van der Waals surface area contributed by atoms with Crippen LogP contribution >= 0.6 is 24.8 Å². The zero-order valence-electron chi connectivity index (χ0n) is 16.8. The van der Waals surface area contributed by atoms with E-state index in [-0.39, 0.29) is 36.6 Å². The molecule has 2 aliphatic rings. The first-order chi connectivity index (χ1) is 12.6. The lowest BCUT2D eigenvalue weighted by Gasteiger charge is -2.30. The van der Waals surface area contributed by atoms with Gasteiger partial charge in [-0.2, -0.15) is 0 Å². The third-order valence-corrected chi connectivity index (χ3v) is 5.82. The van der Waals surface area contributed by atoms with Crippen LogP contribution < -0.4 is 11.1 Å². The van der Waals surface area contributed by atoms with Gasteiger partial charge in [-0.15, -0.1) is 24.8 Å². The predicted molar refractivity (Wildman–Crippen MR) is 118 cm³/mol. The Kier molecular flexibility index (Phi) is 11.4. The van der Waals surface area contributed by atoms with Crippen molar-refractivity contribution in [2.45, 2.75) is 51.7 Å². The molecule has 7 heteroatoms. The Morgan fingerprint density at radius 2 is 1.82 bits per heavy atom. The van der Waals surface area contributed by atoms with Crippen molar-refractivity contribution in [2.24, 2.45) is 17.6 Å². The topological polar surface area (TPSA) is 67.6 Å². The van der Waals surface area contributed by atoms with E-state index in [1.165, 1.54) is 31.5 Å². The number of nitrogens with two attached hydrogens (primary N) is 1. The summed E-state index contributed by atoms with van der Waals surface area (Å²) in [6, 6.07) is 8.11. The van der Waals surface area contributed by atoms with Crippen molar-refractivity contribution in [1.82, 2.24) is 10.2 Å². The first-order valence-corrected chi connectivity index (χ1v) is 10.0. The SMILES string of the molecule is CC1CCN(Cc2cccc(CNC(=O)C(N)C3CCOCC3)c2)CC1.Cl.Cl. The summed E-state index contributed by atoms with van der Waals surface area (Å²) in [4.78, 5) is 14.9. The number of rotatable bonds is 6. The van der Waals surface area contributed by atoms with Crippen molar-refractivity contribution < 1.29 is 9.53 Å². The van der Waals surface area contributed by atoms with Gasteiger partial charge in [0, 0.05) is 26.3 Å². The first kappa shape index (κ1) is 25.2. The van der Waals surface area contributed by atoms with Crippen LogP contribution in [-0.4, -0.2) is 43.2 Å². The van der Waals surface area contributed by atoms with Crippen LogP contribution in [0.2, 0.25) is 0 Å². The van der Waals surface area contributed by atoms with E-state index in [9.17, 15) is 4.79 Å². The van der Waals surface area contributed by atoms with Crippen LogP contribution in [0.25, 0.3) is 0 Å². The molecule has 1 aromatic carbocycles. The second-order valence-corrected chi connectivity index (χ2v) is 7.97. The van der Waals surface area contributed by atoms with Crippen LogP contribution in [-0.2, 0) is 22.6 Å². The monoisotopic (exact) mass is 431 g/mol. The Bertz CT molecular complexity index is 589. The van der Waals surface area contributed by atoms with Crippen LogP contribution in [0.4, 0.5) is 0 Å². The number of carbonyl (C=O) groups excluding carboxylic acids is 1. The molecule has 0 spiro atoms. The van der Waals surface area contributed by atoms with Crippen molar-refractivity contribution in [3.63, 3.8) is 0 Å². The highest BCUT2D eigenvalue weighted by molar-refractivity contribution is 5.85. The van der Waals surface area contributed by atoms with E-state index < -0.39 is 6.04 Å². The van der Waals surface area contributed by atoms with Gasteiger partial charge in [-0.25, -0.2) is 0 Å². The first-order valence-electron chi connectivity index (χ1n) is 10.0. The van der Waals surface area contributed by atoms with Crippen molar-refractivity contribution in [2.75, 3.05) is 26.3 Å². The van der Waals surface area contributed by atoms with E-state index in [1.54, 1.807) is 0 Å². The van der Waals surface area contributed by atoms with E-state index >= 15 is 0 Å². The van der Waals surface area contributed by atoms with Gasteiger partial charge in [0.15, 0.2) is 0 Å². The number of piperidine rings is 1. The quantitative estimate of drug-likeness (QED) is 0.725. The largest absolute Gasteiger partial charge is 0.381 e. The van der Waals surface area contributed by atoms with E-state index in [0.717, 1.165) is 30.9 Å². The molecule has 5 nitrogen and oxygen atoms in total. The van der Waals surface area contributed by atoms with Gasteiger partial charge in [-0.05, 0) is 61.7 Å². The summed E-state index contributed by atoms with van der Waals surface area (Å²) in [6.45, 7) is 7.67. The van der Waals surface area contributed by atoms with E-state index in [1.807, 2.05) is 0 Å². The third kappa shape index (κ3) is 7.53. The Morgan fingerprint density at radius 3 is 2.50 bits per heavy atom. The molecule has 0 aromatic heterocycles. The Hall–Kier alpha value is -0.850. The number of nitrogens with zero attached hydrogens (tertiary/aromatic N) is 1. The molecular weight excluding hydrogens is 397 g/mol. The minimum absolute atomic E-state index is 0. The molecule has 2 aliphatic heterocycles. The summed E-state index contributed by atoms with van der Waals surface area (Å²) in [5, 5.41) is 3.01. The summed E-state index contributed by atoms with van der Waals surface area (Å²) in [5.74, 6) is 1.04. The smallest absolute Gasteiger partial charge is 0.237 e. The second-order valence-electron chi connectivity index (χ2n) is 7.97. The molecule has 2 heterocycles. The van der Waals surface area contributed by atoms with Crippen LogP contribution in [0, 0.1) is 11.8 Å². The molecule has 2 fully saturated rings. The lowest BCUT2D eigenvalue weighted by Crippen LogP contribution is -2.46. The fourth-order valence-electron chi connectivity index (χ4n) is 3.91. The highest BCUT2D eigenvalue weighted by Gasteiger charge is 2.26. The molecule has 3 N–H and O–H groups in total. The number of hydrogen-bond donors (Lipinski definition) is 2.